The van der Waals surface area contributed by atoms with Crippen molar-refractivity contribution in [1.29, 1.82) is 0 Å². The normalized spacial score (nSPS) is 45.2. The maximum atomic E-state index is 11.3. The van der Waals surface area contributed by atoms with Crippen molar-refractivity contribution in [3.63, 3.8) is 0 Å². The Morgan fingerprint density at radius 2 is 2.17 bits per heavy atom. The van der Waals surface area contributed by atoms with Crippen molar-refractivity contribution < 1.29 is 14.3 Å². The van der Waals surface area contributed by atoms with Crippen LogP contribution < -0.4 is 0 Å². The van der Waals surface area contributed by atoms with Gasteiger partial charge in [0, 0.05) is 6.08 Å². The Labute approximate surface area is 116 Å². The first-order chi connectivity index (χ1) is 8.34. The summed E-state index contributed by atoms with van der Waals surface area (Å²) in [5, 5.41) is 0. The summed E-state index contributed by atoms with van der Waals surface area (Å²) in [5.41, 5.74) is 0.522. The van der Waals surface area contributed by atoms with Crippen LogP contribution in [0.25, 0.3) is 0 Å². The lowest BCUT2D eigenvalue weighted by Crippen LogP contribution is -2.39. The van der Waals surface area contributed by atoms with Gasteiger partial charge in [-0.15, -0.1) is 0 Å². The second-order valence-electron chi connectivity index (χ2n) is 6.52. The number of ether oxygens (including phenoxy) is 2. The van der Waals surface area contributed by atoms with E-state index in [9.17, 15) is 4.79 Å². The third kappa shape index (κ3) is 1.54. The van der Waals surface area contributed by atoms with Crippen molar-refractivity contribution in [2.24, 2.45) is 16.7 Å². The van der Waals surface area contributed by atoms with Crippen LogP contribution in [0.3, 0.4) is 0 Å². The highest BCUT2D eigenvalue weighted by molar-refractivity contribution is 9.12. The molecule has 2 fully saturated rings. The molecule has 2 bridgehead atoms. The van der Waals surface area contributed by atoms with Gasteiger partial charge in [-0.05, 0) is 51.9 Å². The molecule has 100 valence electrons. The third-order valence-electron chi connectivity index (χ3n) is 5.71. The van der Waals surface area contributed by atoms with Crippen molar-refractivity contribution in [1.82, 2.24) is 0 Å². The van der Waals surface area contributed by atoms with Crippen LogP contribution in [0.1, 0.15) is 40.0 Å². The summed E-state index contributed by atoms with van der Waals surface area (Å²) < 4.78 is 11.7. The lowest BCUT2D eigenvalue weighted by atomic mass is 9.70. The van der Waals surface area contributed by atoms with Crippen molar-refractivity contribution >= 4 is 21.9 Å². The number of cyclic esters (lactones) is 1. The second-order valence-corrected chi connectivity index (χ2v) is 7.38. The largest absolute Gasteiger partial charge is 0.428 e. The Morgan fingerprint density at radius 1 is 1.44 bits per heavy atom. The highest BCUT2D eigenvalue weighted by Gasteiger charge is 2.62. The summed E-state index contributed by atoms with van der Waals surface area (Å²) in [6.07, 6.45) is 4.99. The molecule has 1 heterocycles. The number of carbonyl (C=O) groups excluding carboxylic acids is 1. The predicted molar refractivity (Wildman–Crippen MR) is 71.0 cm³/mol. The van der Waals surface area contributed by atoms with E-state index < -0.39 is 6.29 Å². The van der Waals surface area contributed by atoms with E-state index in [1.54, 1.807) is 6.08 Å². The fourth-order valence-corrected chi connectivity index (χ4v) is 4.26. The molecule has 0 N–H and O–H groups in total. The zero-order valence-corrected chi connectivity index (χ0v) is 12.6. The molecule has 1 aliphatic heterocycles. The lowest BCUT2D eigenvalue weighted by Gasteiger charge is -2.39. The van der Waals surface area contributed by atoms with Gasteiger partial charge in [0.15, 0.2) is 0 Å². The Bertz CT molecular complexity index is 429. The van der Waals surface area contributed by atoms with Crippen molar-refractivity contribution in [3.05, 3.63) is 10.6 Å². The number of halogens is 1. The van der Waals surface area contributed by atoms with E-state index in [1.165, 1.54) is 12.8 Å². The molecule has 0 aromatic heterocycles. The minimum atomic E-state index is -0.510. The molecule has 3 nitrogen and oxygen atoms in total. The van der Waals surface area contributed by atoms with Crippen LogP contribution in [-0.2, 0) is 14.3 Å². The molecule has 3 aliphatic rings. The van der Waals surface area contributed by atoms with Crippen LogP contribution in [0.15, 0.2) is 10.6 Å². The zero-order chi connectivity index (χ0) is 13.1. The number of rotatable bonds is 2. The average molecular weight is 315 g/mol. The van der Waals surface area contributed by atoms with Crippen LogP contribution in [-0.4, -0.2) is 18.4 Å². The van der Waals surface area contributed by atoms with Crippen LogP contribution in [0.5, 0.6) is 0 Å². The molecular weight excluding hydrogens is 296 g/mol. The van der Waals surface area contributed by atoms with Gasteiger partial charge in [0.1, 0.15) is 4.48 Å². The maximum Gasteiger partial charge on any atom is 0.347 e. The molecule has 3 rings (SSSR count). The van der Waals surface area contributed by atoms with E-state index in [1.807, 2.05) is 0 Å². The Hall–Kier alpha value is -0.350. The predicted octanol–water partition coefficient (Wildman–Crippen LogP) is 3.38. The van der Waals surface area contributed by atoms with E-state index >= 15 is 0 Å². The van der Waals surface area contributed by atoms with Gasteiger partial charge in [0.25, 0.3) is 0 Å². The minimum absolute atomic E-state index is 0.193. The molecule has 0 saturated heterocycles. The first kappa shape index (κ1) is 12.7. The number of hydrogen-bond acceptors (Lipinski definition) is 3. The molecule has 0 amide bonds. The minimum Gasteiger partial charge on any atom is -0.428 e. The van der Waals surface area contributed by atoms with Crippen molar-refractivity contribution in [2.75, 3.05) is 0 Å². The molecule has 2 saturated carbocycles. The third-order valence-corrected chi connectivity index (χ3v) is 6.30. The number of hydrogen-bond donors (Lipinski definition) is 0. The molecule has 4 atom stereocenters. The standard InChI is InChI=1S/C14H19BrO3/c1-13(2)8-4-5-14(13,3)10(6-8)17-11-7-9(15)12(16)18-11/h7-8,10-11H,4-6H2,1-3H3. The molecule has 0 spiro atoms. The van der Waals surface area contributed by atoms with Gasteiger partial charge >= 0.3 is 5.97 Å². The highest BCUT2D eigenvalue weighted by atomic mass is 79.9. The van der Waals surface area contributed by atoms with Crippen LogP contribution in [0.2, 0.25) is 0 Å². The van der Waals surface area contributed by atoms with E-state index in [0.29, 0.717) is 9.90 Å². The Morgan fingerprint density at radius 3 is 2.61 bits per heavy atom. The summed E-state index contributed by atoms with van der Waals surface area (Å²) in [6.45, 7) is 7.01. The summed E-state index contributed by atoms with van der Waals surface area (Å²) in [6, 6.07) is 0. The van der Waals surface area contributed by atoms with E-state index in [-0.39, 0.29) is 17.5 Å². The van der Waals surface area contributed by atoms with Gasteiger partial charge in [-0.3, -0.25) is 0 Å². The highest BCUT2D eigenvalue weighted by Crippen LogP contribution is 2.66. The average Bonchev–Trinajstić information content (AvgIpc) is 2.77. The molecule has 0 radical (unpaired) electrons. The van der Waals surface area contributed by atoms with Crippen molar-refractivity contribution in [3.8, 4) is 0 Å². The molecule has 18 heavy (non-hydrogen) atoms. The Balaban J connectivity index is 1.75. The molecule has 2 aliphatic carbocycles. The first-order valence-corrected chi connectivity index (χ1v) is 7.37. The van der Waals surface area contributed by atoms with Crippen molar-refractivity contribution in [2.45, 2.75) is 52.4 Å². The molecule has 4 unspecified atom stereocenters. The quantitative estimate of drug-likeness (QED) is 0.733. The summed E-state index contributed by atoms with van der Waals surface area (Å²) in [5.74, 6) is 0.407. The van der Waals surface area contributed by atoms with E-state index in [2.05, 4.69) is 36.7 Å². The van der Waals surface area contributed by atoms with Gasteiger partial charge in [-0.2, -0.15) is 0 Å². The summed E-state index contributed by atoms with van der Waals surface area (Å²) in [7, 11) is 0. The fourth-order valence-electron chi connectivity index (χ4n) is 3.95. The monoisotopic (exact) mass is 314 g/mol. The number of carbonyl (C=O) groups is 1. The summed E-state index contributed by atoms with van der Waals surface area (Å²) in [4.78, 5) is 11.3. The number of fused-ring (bicyclic) bond motifs is 2. The molecule has 0 aromatic carbocycles. The lowest BCUT2D eigenvalue weighted by molar-refractivity contribution is -0.180. The van der Waals surface area contributed by atoms with Gasteiger partial charge in [-0.25, -0.2) is 4.79 Å². The van der Waals surface area contributed by atoms with Gasteiger partial charge < -0.3 is 9.47 Å². The SMILES string of the molecule is CC1(C)C2CCC1(C)C(OC1C=C(Br)C(=O)O1)C2. The van der Waals surface area contributed by atoms with Crippen LogP contribution in [0, 0.1) is 16.7 Å². The second kappa shape index (κ2) is 3.83. The van der Waals surface area contributed by atoms with Crippen LogP contribution >= 0.6 is 15.9 Å². The molecule has 0 aromatic rings. The smallest absolute Gasteiger partial charge is 0.347 e. The maximum absolute atomic E-state index is 11.3. The number of esters is 1. The first-order valence-electron chi connectivity index (χ1n) is 6.58. The fraction of sp³-hybridized carbons (Fsp3) is 0.786. The van der Waals surface area contributed by atoms with E-state index in [0.717, 1.165) is 12.3 Å². The van der Waals surface area contributed by atoms with Gasteiger partial charge in [-0.1, -0.05) is 20.8 Å². The van der Waals surface area contributed by atoms with Crippen LogP contribution in [0.4, 0.5) is 0 Å². The topological polar surface area (TPSA) is 35.5 Å². The molecule has 4 heteroatoms. The van der Waals surface area contributed by atoms with E-state index in [4.69, 9.17) is 9.47 Å². The van der Waals surface area contributed by atoms with Gasteiger partial charge in [0.05, 0.1) is 6.10 Å². The molecular formula is C14H19BrO3. The Kier molecular flexibility index (Phi) is 2.69. The zero-order valence-electron chi connectivity index (χ0n) is 11.0. The summed E-state index contributed by atoms with van der Waals surface area (Å²) >= 11 is 3.18. The van der Waals surface area contributed by atoms with Gasteiger partial charge in [0.2, 0.25) is 6.29 Å².